The zero-order chi connectivity index (χ0) is 13.0. The summed E-state index contributed by atoms with van der Waals surface area (Å²) in [6.45, 7) is 0. The van der Waals surface area contributed by atoms with Crippen molar-refractivity contribution in [2.24, 2.45) is 0 Å². The second-order valence-electron chi connectivity index (χ2n) is 4.20. The molecule has 0 aromatic heterocycles. The Bertz CT molecular complexity index is 527. The Labute approximate surface area is 112 Å². The maximum Gasteiger partial charge on any atom is 0.123 e. The molecular weight excluding hydrogens is 249 g/mol. The lowest BCUT2D eigenvalue weighted by molar-refractivity contribution is 0.584. The Hall–Kier alpha value is -1.38. The van der Waals surface area contributed by atoms with E-state index in [1.165, 1.54) is 6.07 Å². The third-order valence-corrected chi connectivity index (χ3v) is 3.30. The van der Waals surface area contributed by atoms with Crippen molar-refractivity contribution < 1.29 is 4.39 Å². The van der Waals surface area contributed by atoms with E-state index in [9.17, 15) is 4.39 Å². The summed E-state index contributed by atoms with van der Waals surface area (Å²) in [5.74, 6) is -0.207. The molecule has 0 aliphatic carbocycles. The molecule has 0 fully saturated rings. The highest BCUT2D eigenvalue weighted by Gasteiger charge is 2.13. The minimum absolute atomic E-state index is 0.0838. The number of hydrogen-bond donors (Lipinski definition) is 1. The van der Waals surface area contributed by atoms with Crippen LogP contribution in [0.15, 0.2) is 48.5 Å². The van der Waals surface area contributed by atoms with Gasteiger partial charge in [0, 0.05) is 11.1 Å². The number of benzene rings is 2. The Balaban J connectivity index is 2.23. The highest BCUT2D eigenvalue weighted by Crippen LogP contribution is 2.25. The van der Waals surface area contributed by atoms with Gasteiger partial charge in [0.25, 0.3) is 0 Å². The van der Waals surface area contributed by atoms with E-state index in [2.05, 4.69) is 5.32 Å². The van der Waals surface area contributed by atoms with Gasteiger partial charge in [-0.15, -0.1) is 0 Å². The summed E-state index contributed by atoms with van der Waals surface area (Å²) in [7, 11) is 1.88. The zero-order valence-electron chi connectivity index (χ0n) is 10.2. The van der Waals surface area contributed by atoms with Crippen LogP contribution in [0.2, 0.25) is 5.02 Å². The quantitative estimate of drug-likeness (QED) is 0.880. The number of likely N-dealkylation sites (N-methyl/N-ethyl adjacent to an activating group) is 1. The summed E-state index contributed by atoms with van der Waals surface area (Å²) in [6.07, 6.45) is 0.706. The van der Waals surface area contributed by atoms with Crippen molar-refractivity contribution >= 4 is 11.6 Å². The molecule has 1 atom stereocenters. The Morgan fingerprint density at radius 1 is 1.17 bits per heavy atom. The van der Waals surface area contributed by atoms with Crippen molar-refractivity contribution in [2.75, 3.05) is 7.05 Å². The molecule has 0 spiro atoms. The van der Waals surface area contributed by atoms with Gasteiger partial charge in [0.1, 0.15) is 5.82 Å². The lowest BCUT2D eigenvalue weighted by atomic mass is 9.99. The lowest BCUT2D eigenvalue weighted by Crippen LogP contribution is -2.19. The van der Waals surface area contributed by atoms with Crippen LogP contribution in [0.3, 0.4) is 0 Å². The molecule has 18 heavy (non-hydrogen) atoms. The summed E-state index contributed by atoms with van der Waals surface area (Å²) in [6, 6.07) is 14.5. The monoisotopic (exact) mass is 263 g/mol. The topological polar surface area (TPSA) is 12.0 Å². The van der Waals surface area contributed by atoms with E-state index in [0.29, 0.717) is 6.42 Å². The fraction of sp³-hybridized carbons (Fsp3) is 0.200. The second kappa shape index (κ2) is 5.98. The first-order valence-electron chi connectivity index (χ1n) is 5.87. The van der Waals surface area contributed by atoms with Gasteiger partial charge >= 0.3 is 0 Å². The van der Waals surface area contributed by atoms with Gasteiger partial charge in [-0.1, -0.05) is 41.9 Å². The molecule has 0 saturated heterocycles. The molecule has 2 aromatic rings. The van der Waals surface area contributed by atoms with Crippen LogP contribution in [-0.2, 0) is 6.42 Å². The summed E-state index contributed by atoms with van der Waals surface area (Å²) in [5.41, 5.74) is 1.99. The average Bonchev–Trinajstić information content (AvgIpc) is 2.37. The van der Waals surface area contributed by atoms with Gasteiger partial charge in [-0.2, -0.15) is 0 Å². The van der Waals surface area contributed by atoms with Crippen molar-refractivity contribution in [2.45, 2.75) is 12.5 Å². The van der Waals surface area contributed by atoms with Crippen molar-refractivity contribution in [3.8, 4) is 0 Å². The minimum atomic E-state index is -0.207. The smallest absolute Gasteiger partial charge is 0.123 e. The average molecular weight is 264 g/mol. The first-order valence-corrected chi connectivity index (χ1v) is 6.24. The molecule has 1 nitrogen and oxygen atoms in total. The third kappa shape index (κ3) is 3.09. The van der Waals surface area contributed by atoms with Gasteiger partial charge in [-0.25, -0.2) is 4.39 Å². The van der Waals surface area contributed by atoms with Crippen molar-refractivity contribution in [1.29, 1.82) is 0 Å². The van der Waals surface area contributed by atoms with Crippen molar-refractivity contribution in [3.63, 3.8) is 0 Å². The summed E-state index contributed by atoms with van der Waals surface area (Å²) < 4.78 is 13.2. The summed E-state index contributed by atoms with van der Waals surface area (Å²) >= 11 is 6.18. The summed E-state index contributed by atoms with van der Waals surface area (Å²) in [5, 5.41) is 3.95. The molecule has 0 radical (unpaired) electrons. The van der Waals surface area contributed by atoms with E-state index in [1.807, 2.05) is 37.4 Å². The molecule has 94 valence electrons. The molecule has 0 amide bonds. The van der Waals surface area contributed by atoms with Gasteiger partial charge < -0.3 is 5.32 Å². The van der Waals surface area contributed by atoms with Gasteiger partial charge in [0.15, 0.2) is 0 Å². The Morgan fingerprint density at radius 2 is 1.94 bits per heavy atom. The molecule has 0 saturated carbocycles. The molecule has 1 unspecified atom stereocenters. The van der Waals surface area contributed by atoms with Gasteiger partial charge in [-0.3, -0.25) is 0 Å². The van der Waals surface area contributed by atoms with E-state index in [-0.39, 0.29) is 11.9 Å². The van der Waals surface area contributed by atoms with Gasteiger partial charge in [-0.05, 0) is 42.8 Å². The normalized spacial score (nSPS) is 12.4. The van der Waals surface area contributed by atoms with E-state index < -0.39 is 0 Å². The van der Waals surface area contributed by atoms with Crippen LogP contribution >= 0.6 is 11.6 Å². The van der Waals surface area contributed by atoms with E-state index in [1.54, 1.807) is 12.1 Å². The molecule has 0 bridgehead atoms. The van der Waals surface area contributed by atoms with E-state index >= 15 is 0 Å². The van der Waals surface area contributed by atoms with Crippen LogP contribution in [0.25, 0.3) is 0 Å². The zero-order valence-corrected chi connectivity index (χ0v) is 10.9. The Kier molecular flexibility index (Phi) is 4.34. The van der Waals surface area contributed by atoms with Crippen molar-refractivity contribution in [3.05, 3.63) is 70.5 Å². The maximum atomic E-state index is 13.2. The fourth-order valence-corrected chi connectivity index (χ4v) is 2.29. The van der Waals surface area contributed by atoms with Crippen LogP contribution in [0.4, 0.5) is 4.39 Å². The van der Waals surface area contributed by atoms with Crippen molar-refractivity contribution in [1.82, 2.24) is 5.32 Å². The Morgan fingerprint density at radius 3 is 2.61 bits per heavy atom. The van der Waals surface area contributed by atoms with Gasteiger partial charge in [0.05, 0.1) is 0 Å². The molecule has 1 N–H and O–H groups in total. The van der Waals surface area contributed by atoms with E-state index in [0.717, 1.165) is 16.1 Å². The summed E-state index contributed by atoms with van der Waals surface area (Å²) in [4.78, 5) is 0. The first-order chi connectivity index (χ1) is 8.70. The third-order valence-electron chi connectivity index (χ3n) is 2.96. The lowest BCUT2D eigenvalue weighted by Gasteiger charge is -2.18. The number of hydrogen-bond acceptors (Lipinski definition) is 1. The van der Waals surface area contributed by atoms with Gasteiger partial charge in [0.2, 0.25) is 0 Å². The fourth-order valence-electron chi connectivity index (χ4n) is 2.02. The van der Waals surface area contributed by atoms with Crippen LogP contribution in [0.1, 0.15) is 17.2 Å². The largest absolute Gasteiger partial charge is 0.313 e. The van der Waals surface area contributed by atoms with Crippen LogP contribution in [-0.4, -0.2) is 7.05 Å². The highest BCUT2D eigenvalue weighted by atomic mass is 35.5. The molecular formula is C15H15ClFN. The van der Waals surface area contributed by atoms with Crippen LogP contribution < -0.4 is 5.32 Å². The molecule has 0 heterocycles. The number of halogens is 2. The van der Waals surface area contributed by atoms with Crippen LogP contribution in [0, 0.1) is 5.82 Å². The van der Waals surface area contributed by atoms with E-state index in [4.69, 9.17) is 11.6 Å². The standard InChI is InChI=1S/C15H15ClFN/c1-18-15(13-7-2-3-8-14(13)16)10-11-5-4-6-12(17)9-11/h2-9,15,18H,10H2,1H3. The predicted octanol–water partition coefficient (Wildman–Crippen LogP) is 3.98. The second-order valence-corrected chi connectivity index (χ2v) is 4.60. The first kappa shape index (κ1) is 13.1. The van der Waals surface area contributed by atoms with Crippen LogP contribution in [0.5, 0.6) is 0 Å². The molecule has 3 heteroatoms. The predicted molar refractivity (Wildman–Crippen MR) is 73.4 cm³/mol. The minimum Gasteiger partial charge on any atom is -0.313 e. The molecule has 0 aliphatic rings. The number of rotatable bonds is 4. The molecule has 2 aromatic carbocycles. The highest BCUT2D eigenvalue weighted by molar-refractivity contribution is 6.31. The molecule has 2 rings (SSSR count). The molecule has 0 aliphatic heterocycles. The number of nitrogens with one attached hydrogen (secondary N) is 1. The SMILES string of the molecule is CNC(Cc1cccc(F)c1)c1ccccc1Cl. The maximum absolute atomic E-state index is 13.2.